The van der Waals surface area contributed by atoms with E-state index in [1.54, 1.807) is 42.6 Å². The van der Waals surface area contributed by atoms with Gasteiger partial charge in [-0.25, -0.2) is 0 Å². The molecule has 1 atom stereocenters. The van der Waals surface area contributed by atoms with Gasteiger partial charge in [-0.2, -0.15) is 5.26 Å². The van der Waals surface area contributed by atoms with E-state index in [1.807, 2.05) is 30.5 Å². The highest BCUT2D eigenvalue weighted by molar-refractivity contribution is 6.46. The van der Waals surface area contributed by atoms with Crippen molar-refractivity contribution in [1.82, 2.24) is 14.9 Å². The molecule has 1 amide bonds. The summed E-state index contributed by atoms with van der Waals surface area (Å²) in [7, 11) is 0. The largest absolute Gasteiger partial charge is 0.507 e. The summed E-state index contributed by atoms with van der Waals surface area (Å²) in [4.78, 5) is 35.0. The highest BCUT2D eigenvalue weighted by atomic mass is 16.3. The predicted octanol–water partition coefficient (Wildman–Crippen LogP) is 4.10. The lowest BCUT2D eigenvalue weighted by molar-refractivity contribution is -0.139. The first-order chi connectivity index (χ1) is 16.6. The summed E-state index contributed by atoms with van der Waals surface area (Å²) in [6, 6.07) is 19.2. The van der Waals surface area contributed by atoms with Crippen molar-refractivity contribution >= 4 is 28.4 Å². The average molecular weight is 448 g/mol. The molecule has 2 aromatic heterocycles. The van der Waals surface area contributed by atoms with Crippen LogP contribution in [0.1, 0.15) is 28.3 Å². The van der Waals surface area contributed by atoms with Gasteiger partial charge in [-0.3, -0.25) is 14.6 Å². The molecule has 0 spiro atoms. The SMILES string of the molecule is N#Cc1ccc(C2/C(=C(\O)c3cccnc3)C(=O)C(=O)N2CCc2c[nH]c3ccccc23)cc1. The zero-order chi connectivity index (χ0) is 23.7. The number of Topliss-reactive ketones (excluding diaryl/α,β-unsaturated/α-hetero) is 1. The summed E-state index contributed by atoms with van der Waals surface area (Å²) < 4.78 is 0. The number of nitrogens with zero attached hydrogens (tertiary/aromatic N) is 3. The number of aliphatic hydroxyl groups is 1. The fourth-order valence-electron chi connectivity index (χ4n) is 4.43. The summed E-state index contributed by atoms with van der Waals surface area (Å²) >= 11 is 0. The van der Waals surface area contributed by atoms with Crippen LogP contribution in [-0.2, 0) is 16.0 Å². The number of nitrogens with one attached hydrogen (secondary N) is 1. The number of ketones is 1. The molecule has 0 radical (unpaired) electrons. The topological polar surface area (TPSA) is 110 Å². The number of aromatic nitrogens is 2. The Morgan fingerprint density at radius 1 is 1.09 bits per heavy atom. The maximum absolute atomic E-state index is 13.1. The Kier molecular flexibility index (Phi) is 5.40. The number of benzene rings is 2. The average Bonchev–Trinajstić information content (AvgIpc) is 3.41. The van der Waals surface area contributed by atoms with Crippen LogP contribution in [0.25, 0.3) is 16.7 Å². The number of carbonyl (C=O) groups excluding carboxylic acids is 2. The third kappa shape index (κ3) is 3.61. The van der Waals surface area contributed by atoms with Gasteiger partial charge in [-0.05, 0) is 47.9 Å². The van der Waals surface area contributed by atoms with Crippen LogP contribution in [0.3, 0.4) is 0 Å². The van der Waals surface area contributed by atoms with Gasteiger partial charge in [0.1, 0.15) is 5.76 Å². The summed E-state index contributed by atoms with van der Waals surface area (Å²) in [5, 5.41) is 21.3. The highest BCUT2D eigenvalue weighted by Crippen LogP contribution is 2.39. The number of H-pyrrole nitrogens is 1. The fraction of sp³-hybridized carbons (Fsp3) is 0.111. The molecule has 7 nitrogen and oxygen atoms in total. The van der Waals surface area contributed by atoms with Gasteiger partial charge in [0, 0.05) is 41.6 Å². The number of amides is 1. The molecule has 1 aliphatic rings. The van der Waals surface area contributed by atoms with E-state index in [9.17, 15) is 14.7 Å². The first-order valence-corrected chi connectivity index (χ1v) is 10.8. The Balaban J connectivity index is 1.57. The number of aromatic amines is 1. The van der Waals surface area contributed by atoms with Crippen molar-refractivity contribution in [3.8, 4) is 6.07 Å². The highest BCUT2D eigenvalue weighted by Gasteiger charge is 2.45. The smallest absolute Gasteiger partial charge is 0.295 e. The fourth-order valence-corrected chi connectivity index (χ4v) is 4.43. The van der Waals surface area contributed by atoms with Crippen molar-refractivity contribution in [3.63, 3.8) is 0 Å². The molecule has 34 heavy (non-hydrogen) atoms. The third-order valence-electron chi connectivity index (χ3n) is 6.13. The first kappa shape index (κ1) is 21.2. The Morgan fingerprint density at radius 3 is 2.62 bits per heavy atom. The maximum Gasteiger partial charge on any atom is 0.295 e. The molecule has 2 aromatic carbocycles. The molecule has 0 aliphatic carbocycles. The van der Waals surface area contributed by atoms with Crippen LogP contribution < -0.4 is 0 Å². The van der Waals surface area contributed by atoms with E-state index < -0.39 is 17.7 Å². The Hall–Kier alpha value is -4.70. The molecule has 1 saturated heterocycles. The van der Waals surface area contributed by atoms with Crippen LogP contribution >= 0.6 is 0 Å². The van der Waals surface area contributed by atoms with Gasteiger partial charge < -0.3 is 15.0 Å². The number of para-hydroxylation sites is 1. The van der Waals surface area contributed by atoms with Crippen molar-refractivity contribution < 1.29 is 14.7 Å². The number of rotatable bonds is 5. The second-order valence-corrected chi connectivity index (χ2v) is 8.08. The van der Waals surface area contributed by atoms with Crippen LogP contribution in [0.4, 0.5) is 0 Å². The molecular weight excluding hydrogens is 428 g/mol. The number of carbonyl (C=O) groups is 2. The van der Waals surface area contributed by atoms with Gasteiger partial charge in [0.15, 0.2) is 0 Å². The number of fused-ring (bicyclic) bond motifs is 1. The zero-order valence-electron chi connectivity index (χ0n) is 18.1. The molecule has 1 aliphatic heterocycles. The third-order valence-corrected chi connectivity index (χ3v) is 6.13. The maximum atomic E-state index is 13.1. The monoisotopic (exact) mass is 448 g/mol. The predicted molar refractivity (Wildman–Crippen MR) is 126 cm³/mol. The van der Waals surface area contributed by atoms with E-state index in [2.05, 4.69) is 16.0 Å². The van der Waals surface area contributed by atoms with Crippen LogP contribution in [0, 0.1) is 11.3 Å². The quantitative estimate of drug-likeness (QED) is 0.271. The van der Waals surface area contributed by atoms with Crippen molar-refractivity contribution in [3.05, 3.63) is 107 Å². The van der Waals surface area contributed by atoms with Gasteiger partial charge >= 0.3 is 0 Å². The standard InChI is InChI=1S/C27H20N4O3/c28-14-17-7-9-18(10-8-17)24-23(25(32)20-4-3-12-29-15-20)26(33)27(34)31(24)13-11-19-16-30-22-6-2-1-5-21(19)22/h1-10,12,15-16,24,30,32H,11,13H2/b25-23+. The minimum Gasteiger partial charge on any atom is -0.507 e. The van der Waals surface area contributed by atoms with Crippen molar-refractivity contribution in [2.75, 3.05) is 6.54 Å². The van der Waals surface area contributed by atoms with E-state index in [1.165, 1.54) is 11.1 Å². The molecule has 4 aromatic rings. The number of hydrogen-bond acceptors (Lipinski definition) is 5. The van der Waals surface area contributed by atoms with E-state index in [0.29, 0.717) is 23.1 Å². The molecule has 2 N–H and O–H groups in total. The van der Waals surface area contributed by atoms with E-state index in [0.717, 1.165) is 16.5 Å². The molecule has 7 heteroatoms. The van der Waals surface area contributed by atoms with Gasteiger partial charge in [-0.1, -0.05) is 30.3 Å². The van der Waals surface area contributed by atoms with Gasteiger partial charge in [0.05, 0.1) is 23.2 Å². The summed E-state index contributed by atoms with van der Waals surface area (Å²) in [6.45, 7) is 0.279. The zero-order valence-corrected chi connectivity index (χ0v) is 18.1. The van der Waals surface area contributed by atoms with Crippen LogP contribution in [0.2, 0.25) is 0 Å². The van der Waals surface area contributed by atoms with Crippen LogP contribution in [-0.4, -0.2) is 38.2 Å². The lowest BCUT2D eigenvalue weighted by atomic mass is 9.95. The second kappa shape index (κ2) is 8.68. The summed E-state index contributed by atoms with van der Waals surface area (Å²) in [5.74, 6) is -1.68. The van der Waals surface area contributed by atoms with Crippen molar-refractivity contribution in [1.29, 1.82) is 5.26 Å². The van der Waals surface area contributed by atoms with Gasteiger partial charge in [-0.15, -0.1) is 0 Å². The molecule has 0 bridgehead atoms. The van der Waals surface area contributed by atoms with Crippen LogP contribution in [0.15, 0.2) is 84.8 Å². The first-order valence-electron chi connectivity index (χ1n) is 10.8. The lowest BCUT2D eigenvalue weighted by Crippen LogP contribution is -2.31. The normalized spacial score (nSPS) is 17.3. The van der Waals surface area contributed by atoms with Gasteiger partial charge in [0.25, 0.3) is 11.7 Å². The molecule has 5 rings (SSSR count). The molecule has 3 heterocycles. The van der Waals surface area contributed by atoms with Crippen LogP contribution in [0.5, 0.6) is 0 Å². The Labute approximate surface area is 195 Å². The Bertz CT molecular complexity index is 1460. The molecular formula is C27H20N4O3. The number of aliphatic hydroxyl groups excluding tert-OH is 1. The molecule has 1 fully saturated rings. The van der Waals surface area contributed by atoms with Gasteiger partial charge in [0.2, 0.25) is 0 Å². The van der Waals surface area contributed by atoms with E-state index >= 15 is 0 Å². The molecule has 0 saturated carbocycles. The summed E-state index contributed by atoms with van der Waals surface area (Å²) in [6.07, 6.45) is 5.45. The number of hydrogen-bond donors (Lipinski definition) is 2. The van der Waals surface area contributed by atoms with Crippen molar-refractivity contribution in [2.24, 2.45) is 0 Å². The molecule has 166 valence electrons. The minimum atomic E-state index is -0.779. The molecule has 1 unspecified atom stereocenters. The summed E-state index contributed by atoms with van der Waals surface area (Å²) in [5.41, 5.74) is 3.51. The number of pyridine rings is 1. The number of likely N-dealkylation sites (tertiary alicyclic amines) is 1. The lowest BCUT2D eigenvalue weighted by Gasteiger charge is -2.25. The number of nitriles is 1. The second-order valence-electron chi connectivity index (χ2n) is 8.08. The van der Waals surface area contributed by atoms with E-state index in [-0.39, 0.29) is 17.9 Å². The van der Waals surface area contributed by atoms with Crippen molar-refractivity contribution in [2.45, 2.75) is 12.5 Å². The van der Waals surface area contributed by atoms with E-state index in [4.69, 9.17) is 5.26 Å². The minimum absolute atomic E-state index is 0.0154. The Morgan fingerprint density at radius 2 is 1.88 bits per heavy atom.